The first kappa shape index (κ1) is 12.9. The van der Waals surface area contributed by atoms with E-state index in [2.05, 4.69) is 0 Å². The highest BCUT2D eigenvalue weighted by Gasteiger charge is 2.17. The molecular formula is C14H14O3S. The minimum atomic E-state index is -0.830. The molecule has 1 aromatic rings. The number of carboxylic acid groups (broad SMARTS) is 1. The lowest BCUT2D eigenvalue weighted by Gasteiger charge is -2.06. The van der Waals surface area contributed by atoms with Crippen molar-refractivity contribution in [1.29, 1.82) is 0 Å². The van der Waals surface area contributed by atoms with Crippen LogP contribution in [-0.4, -0.2) is 28.4 Å². The molecule has 0 amide bonds. The van der Waals surface area contributed by atoms with Gasteiger partial charge < -0.3 is 5.11 Å². The van der Waals surface area contributed by atoms with E-state index in [4.69, 9.17) is 5.11 Å². The van der Waals surface area contributed by atoms with Crippen LogP contribution in [0.3, 0.4) is 0 Å². The molecule has 2 rings (SSSR count). The normalized spacial score (nSPS) is 19.2. The Bertz CT molecular complexity index is 502. The average Bonchev–Trinajstić information content (AvgIpc) is 2.75. The molecule has 0 aliphatic carbocycles. The zero-order chi connectivity index (χ0) is 13.1. The van der Waals surface area contributed by atoms with E-state index in [0.29, 0.717) is 5.75 Å². The quantitative estimate of drug-likeness (QED) is 0.851. The Kier molecular flexibility index (Phi) is 3.87. The average molecular weight is 262 g/mol. The van der Waals surface area contributed by atoms with Crippen molar-refractivity contribution in [3.8, 4) is 0 Å². The van der Waals surface area contributed by atoms with Crippen LogP contribution in [0, 0.1) is 0 Å². The summed E-state index contributed by atoms with van der Waals surface area (Å²) in [4.78, 5) is 22.3. The number of thioether (sulfide) groups is 1. The van der Waals surface area contributed by atoms with Gasteiger partial charge in [0, 0.05) is 11.3 Å². The molecule has 0 spiro atoms. The SMILES string of the molecule is CC(C(=O)O)c1ccc(/C=C2\CSCC2=O)cc1. The maximum absolute atomic E-state index is 11.5. The maximum atomic E-state index is 11.5. The van der Waals surface area contributed by atoms with E-state index in [0.717, 1.165) is 22.5 Å². The van der Waals surface area contributed by atoms with Crippen LogP contribution in [0.15, 0.2) is 29.8 Å². The molecular weight excluding hydrogens is 248 g/mol. The van der Waals surface area contributed by atoms with Gasteiger partial charge in [0.2, 0.25) is 0 Å². The Hall–Kier alpha value is -1.55. The van der Waals surface area contributed by atoms with Crippen LogP contribution in [0.5, 0.6) is 0 Å². The molecule has 0 radical (unpaired) electrons. The van der Waals surface area contributed by atoms with Crippen molar-refractivity contribution >= 4 is 29.6 Å². The number of aliphatic carboxylic acids is 1. The van der Waals surface area contributed by atoms with Crippen LogP contribution >= 0.6 is 11.8 Å². The lowest BCUT2D eigenvalue weighted by Crippen LogP contribution is -2.07. The molecule has 3 nitrogen and oxygen atoms in total. The molecule has 1 fully saturated rings. The summed E-state index contributed by atoms with van der Waals surface area (Å²) >= 11 is 1.63. The molecule has 4 heteroatoms. The second-order valence-corrected chi connectivity index (χ2v) is 5.30. The first-order chi connectivity index (χ1) is 8.58. The van der Waals surface area contributed by atoms with Crippen LogP contribution in [0.1, 0.15) is 24.0 Å². The number of benzene rings is 1. The van der Waals surface area contributed by atoms with Gasteiger partial charge in [-0.05, 0) is 24.1 Å². The fourth-order valence-electron chi connectivity index (χ4n) is 1.77. The minimum absolute atomic E-state index is 0.197. The van der Waals surface area contributed by atoms with Gasteiger partial charge in [0.05, 0.1) is 11.7 Å². The lowest BCUT2D eigenvalue weighted by molar-refractivity contribution is -0.138. The number of carbonyl (C=O) groups excluding carboxylic acids is 1. The van der Waals surface area contributed by atoms with E-state index in [1.54, 1.807) is 30.8 Å². The molecule has 1 heterocycles. The molecule has 1 aliphatic heterocycles. The summed E-state index contributed by atoms with van der Waals surface area (Å²) in [5.74, 6) is 0.202. The zero-order valence-corrected chi connectivity index (χ0v) is 10.9. The number of carboxylic acids is 1. The molecule has 0 saturated carbocycles. The second-order valence-electron chi connectivity index (χ2n) is 4.31. The van der Waals surface area contributed by atoms with Crippen LogP contribution in [0.4, 0.5) is 0 Å². The van der Waals surface area contributed by atoms with E-state index in [1.165, 1.54) is 0 Å². The number of ketones is 1. The van der Waals surface area contributed by atoms with E-state index in [9.17, 15) is 9.59 Å². The number of Topliss-reactive ketones (excluding diaryl/α,β-unsaturated/α-hetero) is 1. The third kappa shape index (κ3) is 2.82. The summed E-state index contributed by atoms with van der Waals surface area (Å²) in [5, 5.41) is 8.91. The summed E-state index contributed by atoms with van der Waals surface area (Å²) in [6, 6.07) is 7.32. The van der Waals surface area contributed by atoms with Crippen molar-refractivity contribution in [3.63, 3.8) is 0 Å². The summed E-state index contributed by atoms with van der Waals surface area (Å²) in [6.45, 7) is 1.66. The maximum Gasteiger partial charge on any atom is 0.310 e. The van der Waals surface area contributed by atoms with Crippen molar-refractivity contribution in [2.75, 3.05) is 11.5 Å². The van der Waals surface area contributed by atoms with Gasteiger partial charge in [-0.2, -0.15) is 0 Å². The smallest absolute Gasteiger partial charge is 0.310 e. The number of rotatable bonds is 3. The Morgan fingerprint density at radius 3 is 2.50 bits per heavy atom. The van der Waals surface area contributed by atoms with Crippen molar-refractivity contribution in [1.82, 2.24) is 0 Å². The molecule has 1 aromatic carbocycles. The van der Waals surface area contributed by atoms with E-state index >= 15 is 0 Å². The van der Waals surface area contributed by atoms with Crippen LogP contribution in [-0.2, 0) is 9.59 Å². The summed E-state index contributed by atoms with van der Waals surface area (Å²) in [5.41, 5.74) is 2.57. The third-order valence-electron chi connectivity index (χ3n) is 3.00. The predicted octanol–water partition coefficient (Wildman–Crippen LogP) is 2.57. The highest BCUT2D eigenvalue weighted by Crippen LogP contribution is 2.23. The predicted molar refractivity (Wildman–Crippen MR) is 72.8 cm³/mol. The van der Waals surface area contributed by atoms with Crippen molar-refractivity contribution in [2.24, 2.45) is 0 Å². The van der Waals surface area contributed by atoms with Gasteiger partial charge in [-0.3, -0.25) is 9.59 Å². The zero-order valence-electron chi connectivity index (χ0n) is 10.1. The van der Waals surface area contributed by atoms with Gasteiger partial charge in [-0.1, -0.05) is 24.3 Å². The topological polar surface area (TPSA) is 54.4 Å². The Morgan fingerprint density at radius 1 is 1.33 bits per heavy atom. The number of carbonyl (C=O) groups is 2. The molecule has 1 N–H and O–H groups in total. The molecule has 1 aliphatic rings. The van der Waals surface area contributed by atoms with Crippen molar-refractivity contribution in [3.05, 3.63) is 41.0 Å². The van der Waals surface area contributed by atoms with Crippen LogP contribution < -0.4 is 0 Å². The highest BCUT2D eigenvalue weighted by atomic mass is 32.2. The van der Waals surface area contributed by atoms with Crippen LogP contribution in [0.2, 0.25) is 0 Å². The van der Waals surface area contributed by atoms with Crippen molar-refractivity contribution < 1.29 is 14.7 Å². The molecule has 94 valence electrons. The molecule has 18 heavy (non-hydrogen) atoms. The molecule has 1 saturated heterocycles. The molecule has 1 unspecified atom stereocenters. The van der Waals surface area contributed by atoms with Gasteiger partial charge in [0.1, 0.15) is 0 Å². The van der Waals surface area contributed by atoms with Gasteiger partial charge in [0.25, 0.3) is 0 Å². The standard InChI is InChI=1S/C14H14O3S/c1-9(14(16)17)11-4-2-10(3-5-11)6-12-7-18-8-13(12)15/h2-6,9H,7-8H2,1H3,(H,16,17)/b12-6+. The lowest BCUT2D eigenvalue weighted by atomic mass is 9.99. The summed E-state index contributed by atoms with van der Waals surface area (Å²) in [7, 11) is 0. The Labute approximate surface area is 110 Å². The number of hydrogen-bond acceptors (Lipinski definition) is 3. The van der Waals surface area contributed by atoms with E-state index < -0.39 is 11.9 Å². The van der Waals surface area contributed by atoms with E-state index in [-0.39, 0.29) is 5.78 Å². The second kappa shape index (κ2) is 5.40. The summed E-state index contributed by atoms with van der Waals surface area (Å²) < 4.78 is 0. The first-order valence-electron chi connectivity index (χ1n) is 5.72. The Morgan fingerprint density at radius 2 is 2.00 bits per heavy atom. The third-order valence-corrected chi connectivity index (χ3v) is 3.98. The van der Waals surface area contributed by atoms with Crippen molar-refractivity contribution in [2.45, 2.75) is 12.8 Å². The molecule has 0 bridgehead atoms. The number of hydrogen-bond donors (Lipinski definition) is 1. The largest absolute Gasteiger partial charge is 0.481 e. The summed E-state index contributed by atoms with van der Waals surface area (Å²) in [6.07, 6.45) is 1.89. The molecule has 0 aromatic heterocycles. The van der Waals surface area contributed by atoms with Gasteiger partial charge >= 0.3 is 5.97 Å². The van der Waals surface area contributed by atoms with Gasteiger partial charge in [-0.25, -0.2) is 0 Å². The fourth-order valence-corrected chi connectivity index (χ4v) is 2.71. The highest BCUT2D eigenvalue weighted by molar-refractivity contribution is 8.00. The molecule has 1 atom stereocenters. The van der Waals surface area contributed by atoms with Gasteiger partial charge in [0.15, 0.2) is 5.78 Å². The van der Waals surface area contributed by atoms with E-state index in [1.807, 2.05) is 18.2 Å². The fraction of sp³-hybridized carbons (Fsp3) is 0.286. The van der Waals surface area contributed by atoms with Gasteiger partial charge in [-0.15, -0.1) is 11.8 Å². The Balaban J connectivity index is 2.18. The first-order valence-corrected chi connectivity index (χ1v) is 6.87. The van der Waals surface area contributed by atoms with Crippen LogP contribution in [0.25, 0.3) is 6.08 Å². The monoisotopic (exact) mass is 262 g/mol. The minimum Gasteiger partial charge on any atom is -0.481 e.